The second-order valence-electron chi connectivity index (χ2n) is 1.07. The van der Waals surface area contributed by atoms with Gasteiger partial charge in [0.15, 0.2) is 0 Å². The minimum absolute atomic E-state index is 0. The molecule has 0 amide bonds. The van der Waals surface area contributed by atoms with Crippen LogP contribution in [0.5, 0.6) is 0 Å². The van der Waals surface area contributed by atoms with Crippen molar-refractivity contribution in [2.24, 2.45) is 5.73 Å². The summed E-state index contributed by atoms with van der Waals surface area (Å²) in [5.41, 5.74) is 4.81. The topological polar surface area (TPSA) is 98.4 Å². The summed E-state index contributed by atoms with van der Waals surface area (Å²) in [6.07, 6.45) is 0. The smallest absolute Gasteiger partial charge is 0.790 e. The predicted octanol–water partition coefficient (Wildman–Crippen LogP) is -2.21. The molecule has 0 aliphatic rings. The van der Waals surface area contributed by atoms with Crippen LogP contribution in [0.2, 0.25) is 0 Å². The number of nitrogens with two attached hydrogens (primary N) is 1. The summed E-state index contributed by atoms with van der Waals surface area (Å²) in [7, 11) is -4.76. The van der Waals surface area contributed by atoms with Gasteiger partial charge in [-0.15, -0.1) is 0 Å². The first-order valence-corrected chi connectivity index (χ1v) is 3.39. The molecule has 0 spiro atoms. The van der Waals surface area contributed by atoms with Crippen molar-refractivity contribution in [1.29, 1.82) is 0 Å². The Morgan fingerprint density at radius 3 is 2.11 bits per heavy atom. The molecule has 0 heterocycles. The van der Waals surface area contributed by atoms with Gasteiger partial charge < -0.3 is 24.6 Å². The van der Waals surface area contributed by atoms with Crippen LogP contribution in [0.25, 0.3) is 0 Å². The minimum Gasteiger partial charge on any atom is -0.790 e. The standard InChI is InChI=1S/C2H8NO4P.Fe/c3-1-2-7-8(4,5)6;/h1-3H2,(H2,4,5,6);/q;+2/p-2. The van der Waals surface area contributed by atoms with E-state index in [9.17, 15) is 14.4 Å². The molecule has 0 radical (unpaired) electrons. The molecule has 0 unspecified atom stereocenters. The molecule has 0 atom stereocenters. The molecule has 56 valence electrons. The van der Waals surface area contributed by atoms with Crippen molar-refractivity contribution in [2.75, 3.05) is 13.2 Å². The first-order valence-electron chi connectivity index (χ1n) is 1.93. The van der Waals surface area contributed by atoms with Crippen LogP contribution in [0.3, 0.4) is 0 Å². The fraction of sp³-hybridized carbons (Fsp3) is 1.00. The van der Waals surface area contributed by atoms with Crippen molar-refractivity contribution in [1.82, 2.24) is 0 Å². The Bertz CT molecular complexity index is 103. The first-order chi connectivity index (χ1) is 3.56. The average molecular weight is 195 g/mol. The maximum Gasteiger partial charge on any atom is 2.00 e. The maximum absolute atomic E-state index is 9.58. The Morgan fingerprint density at radius 2 is 2.00 bits per heavy atom. The summed E-state index contributed by atoms with van der Waals surface area (Å²) in [6, 6.07) is 0. The van der Waals surface area contributed by atoms with Crippen molar-refractivity contribution in [3.8, 4) is 0 Å². The average Bonchev–Trinajstić information content (AvgIpc) is 1.59. The Balaban J connectivity index is 0. The fourth-order valence-corrected chi connectivity index (χ4v) is 0.494. The van der Waals surface area contributed by atoms with Crippen LogP contribution < -0.4 is 15.5 Å². The molecule has 0 saturated heterocycles. The summed E-state index contributed by atoms with van der Waals surface area (Å²) in [5, 5.41) is 0. The van der Waals surface area contributed by atoms with E-state index in [4.69, 9.17) is 5.73 Å². The van der Waals surface area contributed by atoms with Crippen LogP contribution in [0.1, 0.15) is 0 Å². The molecule has 0 aliphatic carbocycles. The van der Waals surface area contributed by atoms with Gasteiger partial charge in [-0.05, 0) is 0 Å². The van der Waals surface area contributed by atoms with Gasteiger partial charge in [-0.2, -0.15) is 0 Å². The van der Waals surface area contributed by atoms with Crippen LogP contribution in [0.15, 0.2) is 0 Å². The molecule has 5 nitrogen and oxygen atoms in total. The normalized spacial score (nSPS) is 10.6. The minimum atomic E-state index is -4.76. The summed E-state index contributed by atoms with van der Waals surface area (Å²) >= 11 is 0. The molecule has 0 aromatic carbocycles. The van der Waals surface area contributed by atoms with Gasteiger partial charge in [0.05, 0.1) is 14.4 Å². The Labute approximate surface area is 63.3 Å². The molecule has 9 heavy (non-hydrogen) atoms. The molecular weight excluding hydrogens is 189 g/mol. The van der Waals surface area contributed by atoms with Crippen LogP contribution >= 0.6 is 7.82 Å². The quantitative estimate of drug-likeness (QED) is 0.406. The monoisotopic (exact) mass is 195 g/mol. The van der Waals surface area contributed by atoms with Gasteiger partial charge in [-0.25, -0.2) is 0 Å². The second kappa shape index (κ2) is 5.38. The zero-order valence-corrected chi connectivity index (χ0v) is 6.42. The maximum atomic E-state index is 9.58. The van der Waals surface area contributed by atoms with Crippen LogP contribution in [0.4, 0.5) is 0 Å². The number of phosphoric ester groups is 1. The van der Waals surface area contributed by atoms with E-state index in [1.165, 1.54) is 0 Å². The van der Waals surface area contributed by atoms with E-state index in [0.29, 0.717) is 0 Å². The van der Waals surface area contributed by atoms with Gasteiger partial charge in [0.2, 0.25) is 0 Å². The molecule has 0 aromatic heterocycles. The van der Waals surface area contributed by atoms with E-state index in [1.54, 1.807) is 0 Å². The van der Waals surface area contributed by atoms with Gasteiger partial charge >= 0.3 is 17.1 Å². The van der Waals surface area contributed by atoms with E-state index in [1.807, 2.05) is 0 Å². The fourth-order valence-electron chi connectivity index (χ4n) is 0.165. The summed E-state index contributed by atoms with van der Waals surface area (Å²) in [5.74, 6) is 0. The van der Waals surface area contributed by atoms with Gasteiger partial charge in [0, 0.05) is 6.54 Å². The van der Waals surface area contributed by atoms with E-state index in [0.717, 1.165) is 0 Å². The third-order valence-corrected chi connectivity index (χ3v) is 0.866. The molecular formula is C2H6FeNO4P. The van der Waals surface area contributed by atoms with E-state index in [-0.39, 0.29) is 30.2 Å². The van der Waals surface area contributed by atoms with Gasteiger partial charge in [0.25, 0.3) is 0 Å². The van der Waals surface area contributed by atoms with Crippen molar-refractivity contribution in [3.05, 3.63) is 0 Å². The predicted molar refractivity (Wildman–Crippen MR) is 22.6 cm³/mol. The summed E-state index contributed by atoms with van der Waals surface area (Å²) in [6.45, 7) is -0.196. The van der Waals surface area contributed by atoms with Crippen LogP contribution in [-0.4, -0.2) is 13.2 Å². The molecule has 0 bridgehead atoms. The number of hydrogen-bond acceptors (Lipinski definition) is 5. The Morgan fingerprint density at radius 1 is 1.56 bits per heavy atom. The molecule has 0 aromatic rings. The summed E-state index contributed by atoms with van der Waals surface area (Å²) < 4.78 is 13.3. The third kappa shape index (κ3) is 11.9. The Kier molecular flexibility index (Phi) is 7.34. The zero-order valence-electron chi connectivity index (χ0n) is 4.43. The van der Waals surface area contributed by atoms with Crippen molar-refractivity contribution in [3.63, 3.8) is 0 Å². The SMILES string of the molecule is NCCOP(=O)([O-])[O-].[Fe+2]. The van der Waals surface area contributed by atoms with Gasteiger partial charge in [0.1, 0.15) is 0 Å². The van der Waals surface area contributed by atoms with Crippen molar-refractivity contribution in [2.45, 2.75) is 0 Å². The largest absolute Gasteiger partial charge is 2.00 e. The van der Waals surface area contributed by atoms with E-state index < -0.39 is 7.82 Å². The number of phosphoric acid groups is 1. The van der Waals surface area contributed by atoms with Gasteiger partial charge in [-0.3, -0.25) is 0 Å². The molecule has 0 aliphatic heterocycles. The number of rotatable bonds is 3. The molecule has 0 saturated carbocycles. The Hall–Kier alpha value is 0.589. The van der Waals surface area contributed by atoms with E-state index in [2.05, 4.69) is 4.52 Å². The second-order valence-corrected chi connectivity index (χ2v) is 2.22. The van der Waals surface area contributed by atoms with Crippen LogP contribution in [-0.2, 0) is 26.2 Å². The third-order valence-electron chi connectivity index (χ3n) is 0.367. The zero-order chi connectivity index (χ0) is 6.62. The van der Waals surface area contributed by atoms with Crippen molar-refractivity contribution >= 4 is 7.82 Å². The molecule has 7 heteroatoms. The molecule has 0 fully saturated rings. The van der Waals surface area contributed by atoms with Gasteiger partial charge in [-0.1, -0.05) is 0 Å². The molecule has 0 rings (SSSR count). The van der Waals surface area contributed by atoms with Crippen molar-refractivity contribution < 1.29 is 35.9 Å². The number of hydrogen-bond donors (Lipinski definition) is 1. The summed E-state index contributed by atoms with van der Waals surface area (Å²) in [4.78, 5) is 19.2. The van der Waals surface area contributed by atoms with Crippen LogP contribution in [0, 0.1) is 0 Å². The molecule has 2 N–H and O–H groups in total. The van der Waals surface area contributed by atoms with E-state index >= 15 is 0 Å². The first kappa shape index (κ1) is 12.3.